The van der Waals surface area contributed by atoms with E-state index in [1.165, 1.54) is 5.56 Å². The van der Waals surface area contributed by atoms with Crippen molar-refractivity contribution in [1.29, 1.82) is 0 Å². The van der Waals surface area contributed by atoms with Crippen molar-refractivity contribution in [2.24, 2.45) is 0 Å². The van der Waals surface area contributed by atoms with Gasteiger partial charge >= 0.3 is 0 Å². The van der Waals surface area contributed by atoms with Crippen LogP contribution in [0.15, 0.2) is 29.2 Å². The van der Waals surface area contributed by atoms with Crippen molar-refractivity contribution in [1.82, 2.24) is 4.72 Å². The molecule has 1 aromatic carbocycles. The maximum absolute atomic E-state index is 11.8. The van der Waals surface area contributed by atoms with E-state index in [-0.39, 0.29) is 6.04 Å². The summed E-state index contributed by atoms with van der Waals surface area (Å²) in [5.41, 5.74) is 1.19. The number of aryl methyl sites for hydroxylation is 1. The highest BCUT2D eigenvalue weighted by atomic mass is 32.2. The van der Waals surface area contributed by atoms with Crippen LogP contribution in [0, 0.1) is 0 Å². The first-order valence-electron chi connectivity index (χ1n) is 5.73. The number of nitrogens with one attached hydrogen (secondary N) is 1. The van der Waals surface area contributed by atoms with Gasteiger partial charge in [0.2, 0.25) is 10.0 Å². The molecule has 1 aliphatic rings. The lowest BCUT2D eigenvalue weighted by molar-refractivity contribution is 0.581. The largest absolute Gasteiger partial charge is 0.240 e. The van der Waals surface area contributed by atoms with Crippen molar-refractivity contribution in [3.63, 3.8) is 0 Å². The molecule has 16 heavy (non-hydrogen) atoms. The summed E-state index contributed by atoms with van der Waals surface area (Å²) in [6.07, 6.45) is 4.00. The fourth-order valence-electron chi connectivity index (χ4n) is 1.61. The molecule has 4 heteroatoms. The standard InChI is InChI=1S/C12H17NO2S/c1-2-3-10-4-8-12(9-5-10)16(14,15)13-11-6-7-11/h4-5,8-9,11,13H,2-3,6-7H2,1H3. The Labute approximate surface area is 96.9 Å². The predicted octanol–water partition coefficient (Wildman–Crippen LogP) is 2.08. The van der Waals surface area contributed by atoms with Gasteiger partial charge in [0.15, 0.2) is 0 Å². The second-order valence-corrected chi connectivity index (χ2v) is 6.00. The molecule has 1 aromatic rings. The summed E-state index contributed by atoms with van der Waals surface area (Å²) in [6.45, 7) is 2.11. The molecule has 1 saturated carbocycles. The summed E-state index contributed by atoms with van der Waals surface area (Å²) in [5, 5.41) is 0. The van der Waals surface area contributed by atoms with Crippen LogP contribution in [-0.4, -0.2) is 14.5 Å². The molecular formula is C12H17NO2S. The van der Waals surface area contributed by atoms with Gasteiger partial charge in [-0.25, -0.2) is 13.1 Å². The Morgan fingerprint density at radius 2 is 1.88 bits per heavy atom. The third-order valence-corrected chi connectivity index (χ3v) is 4.21. The molecule has 3 nitrogen and oxygen atoms in total. The lowest BCUT2D eigenvalue weighted by Gasteiger charge is -2.06. The lowest BCUT2D eigenvalue weighted by atomic mass is 10.1. The van der Waals surface area contributed by atoms with Crippen LogP contribution in [-0.2, 0) is 16.4 Å². The zero-order valence-corrected chi connectivity index (χ0v) is 10.3. The van der Waals surface area contributed by atoms with Crippen LogP contribution in [0.5, 0.6) is 0 Å². The van der Waals surface area contributed by atoms with E-state index in [0.717, 1.165) is 25.7 Å². The van der Waals surface area contributed by atoms with E-state index in [9.17, 15) is 8.42 Å². The minimum Gasteiger partial charge on any atom is -0.208 e. The normalized spacial score (nSPS) is 16.3. The van der Waals surface area contributed by atoms with E-state index in [1.807, 2.05) is 12.1 Å². The third-order valence-electron chi connectivity index (χ3n) is 2.67. The summed E-state index contributed by atoms with van der Waals surface area (Å²) in [7, 11) is -3.28. The molecule has 1 aliphatic carbocycles. The van der Waals surface area contributed by atoms with Crippen LogP contribution >= 0.6 is 0 Å². The first-order valence-corrected chi connectivity index (χ1v) is 7.21. The van der Waals surface area contributed by atoms with Crippen LogP contribution in [0.4, 0.5) is 0 Å². The lowest BCUT2D eigenvalue weighted by Crippen LogP contribution is -2.25. The maximum Gasteiger partial charge on any atom is 0.240 e. The van der Waals surface area contributed by atoms with Crippen molar-refractivity contribution >= 4 is 10.0 Å². The van der Waals surface area contributed by atoms with E-state index >= 15 is 0 Å². The Balaban J connectivity index is 2.13. The summed E-state index contributed by atoms with van der Waals surface area (Å²) >= 11 is 0. The van der Waals surface area contributed by atoms with Crippen molar-refractivity contribution in [2.75, 3.05) is 0 Å². The molecule has 0 radical (unpaired) electrons. The highest BCUT2D eigenvalue weighted by Gasteiger charge is 2.27. The Bertz CT molecular complexity index is 446. The maximum atomic E-state index is 11.8. The van der Waals surface area contributed by atoms with E-state index in [1.54, 1.807) is 12.1 Å². The molecule has 88 valence electrons. The van der Waals surface area contributed by atoms with Gasteiger partial charge in [0.05, 0.1) is 4.90 Å². The average Bonchev–Trinajstić information content (AvgIpc) is 3.02. The van der Waals surface area contributed by atoms with Crippen molar-refractivity contribution in [2.45, 2.75) is 43.5 Å². The molecule has 0 amide bonds. The van der Waals surface area contributed by atoms with Gasteiger partial charge in [-0.05, 0) is 37.0 Å². The van der Waals surface area contributed by atoms with Crippen LogP contribution in [0.1, 0.15) is 31.7 Å². The predicted molar refractivity (Wildman–Crippen MR) is 63.8 cm³/mol. The van der Waals surface area contributed by atoms with Gasteiger partial charge in [-0.2, -0.15) is 0 Å². The molecule has 0 atom stereocenters. The molecule has 0 spiro atoms. The van der Waals surface area contributed by atoms with Gasteiger partial charge in [-0.1, -0.05) is 25.5 Å². The summed E-state index contributed by atoms with van der Waals surface area (Å²) in [4.78, 5) is 0.374. The topological polar surface area (TPSA) is 46.2 Å². The highest BCUT2D eigenvalue weighted by molar-refractivity contribution is 7.89. The molecule has 0 unspecified atom stereocenters. The third kappa shape index (κ3) is 2.83. The number of hydrogen-bond donors (Lipinski definition) is 1. The van der Waals surface area contributed by atoms with E-state index in [0.29, 0.717) is 4.90 Å². The highest BCUT2D eigenvalue weighted by Crippen LogP contribution is 2.22. The van der Waals surface area contributed by atoms with Gasteiger partial charge < -0.3 is 0 Å². The first kappa shape index (κ1) is 11.6. The molecule has 0 heterocycles. The number of sulfonamides is 1. The molecular weight excluding hydrogens is 222 g/mol. The number of benzene rings is 1. The smallest absolute Gasteiger partial charge is 0.208 e. The molecule has 0 bridgehead atoms. The number of rotatable bonds is 5. The minimum absolute atomic E-state index is 0.167. The van der Waals surface area contributed by atoms with Crippen LogP contribution < -0.4 is 4.72 Å². The average molecular weight is 239 g/mol. The summed E-state index contributed by atoms with van der Waals surface area (Å²) in [6, 6.07) is 7.33. The van der Waals surface area contributed by atoms with Crippen molar-refractivity contribution in [3.8, 4) is 0 Å². The summed E-state index contributed by atoms with van der Waals surface area (Å²) in [5.74, 6) is 0. The Morgan fingerprint density at radius 3 is 2.38 bits per heavy atom. The second kappa shape index (κ2) is 4.55. The van der Waals surface area contributed by atoms with E-state index in [4.69, 9.17) is 0 Å². The molecule has 0 saturated heterocycles. The molecule has 0 aliphatic heterocycles. The molecule has 2 rings (SSSR count). The fourth-order valence-corrected chi connectivity index (χ4v) is 2.92. The second-order valence-electron chi connectivity index (χ2n) is 4.29. The Kier molecular flexibility index (Phi) is 3.30. The monoisotopic (exact) mass is 239 g/mol. The van der Waals surface area contributed by atoms with Crippen molar-refractivity contribution < 1.29 is 8.42 Å². The molecule has 0 aromatic heterocycles. The summed E-state index contributed by atoms with van der Waals surface area (Å²) < 4.78 is 26.4. The van der Waals surface area contributed by atoms with Gasteiger partial charge in [0.25, 0.3) is 0 Å². The van der Waals surface area contributed by atoms with E-state index in [2.05, 4.69) is 11.6 Å². The zero-order valence-electron chi connectivity index (χ0n) is 9.44. The van der Waals surface area contributed by atoms with Gasteiger partial charge in [-0.15, -0.1) is 0 Å². The fraction of sp³-hybridized carbons (Fsp3) is 0.500. The van der Waals surface area contributed by atoms with Crippen molar-refractivity contribution in [3.05, 3.63) is 29.8 Å². The quantitative estimate of drug-likeness (QED) is 0.855. The van der Waals surface area contributed by atoms with Crippen LogP contribution in [0.3, 0.4) is 0 Å². The molecule has 1 fully saturated rings. The van der Waals surface area contributed by atoms with Gasteiger partial charge in [-0.3, -0.25) is 0 Å². The SMILES string of the molecule is CCCc1ccc(S(=O)(=O)NC2CC2)cc1. The zero-order chi connectivity index (χ0) is 11.6. The Hall–Kier alpha value is -0.870. The van der Waals surface area contributed by atoms with Crippen LogP contribution in [0.2, 0.25) is 0 Å². The van der Waals surface area contributed by atoms with Gasteiger partial charge in [0, 0.05) is 6.04 Å². The molecule has 1 N–H and O–H groups in total. The number of hydrogen-bond acceptors (Lipinski definition) is 2. The van der Waals surface area contributed by atoms with E-state index < -0.39 is 10.0 Å². The minimum atomic E-state index is -3.28. The Morgan fingerprint density at radius 1 is 1.25 bits per heavy atom. The van der Waals surface area contributed by atoms with Crippen LogP contribution in [0.25, 0.3) is 0 Å². The van der Waals surface area contributed by atoms with Gasteiger partial charge in [0.1, 0.15) is 0 Å². The first-order chi connectivity index (χ1) is 7.62.